The van der Waals surface area contributed by atoms with Gasteiger partial charge in [-0.1, -0.05) is 12.2 Å². The first-order chi connectivity index (χ1) is 9.51. The van der Waals surface area contributed by atoms with Gasteiger partial charge in [0, 0.05) is 31.8 Å². The predicted molar refractivity (Wildman–Crippen MR) is 87.8 cm³/mol. The molecule has 0 amide bonds. The summed E-state index contributed by atoms with van der Waals surface area (Å²) in [5.41, 5.74) is 7.79. The molecule has 0 aliphatic carbocycles. The van der Waals surface area contributed by atoms with Crippen molar-refractivity contribution < 1.29 is 4.74 Å². The van der Waals surface area contributed by atoms with Crippen molar-refractivity contribution >= 4 is 22.9 Å². The van der Waals surface area contributed by atoms with Crippen LogP contribution in [-0.4, -0.2) is 50.7 Å². The maximum absolute atomic E-state index is 5.83. The third-order valence-electron chi connectivity index (χ3n) is 3.90. The summed E-state index contributed by atoms with van der Waals surface area (Å²) in [4.78, 5) is 5.04. The lowest BCUT2D eigenvalue weighted by Gasteiger charge is -2.25. The molecule has 0 bridgehead atoms. The number of methoxy groups -OCH3 is 1. The molecule has 0 spiro atoms. The number of likely N-dealkylation sites (tertiary alicyclic amines) is 1. The first-order valence-corrected chi connectivity index (χ1v) is 7.29. The summed E-state index contributed by atoms with van der Waals surface area (Å²) in [6.45, 7) is 3.34. The van der Waals surface area contributed by atoms with Crippen LogP contribution in [0, 0.1) is 5.92 Å². The Bertz CT molecular complexity index is 492. The van der Waals surface area contributed by atoms with E-state index in [2.05, 4.69) is 23.9 Å². The lowest BCUT2D eigenvalue weighted by atomic mass is 10.1. The molecule has 110 valence electrons. The van der Waals surface area contributed by atoms with E-state index in [4.69, 9.17) is 22.7 Å². The fourth-order valence-corrected chi connectivity index (χ4v) is 3.00. The van der Waals surface area contributed by atoms with Crippen LogP contribution < -0.4 is 15.4 Å². The maximum atomic E-state index is 5.83. The third-order valence-corrected chi connectivity index (χ3v) is 4.12. The minimum atomic E-state index is 0.429. The normalized spacial score (nSPS) is 19.1. The highest BCUT2D eigenvalue weighted by Gasteiger charge is 2.22. The van der Waals surface area contributed by atoms with Gasteiger partial charge >= 0.3 is 0 Å². The molecule has 1 saturated heterocycles. The zero-order chi connectivity index (χ0) is 14.7. The van der Waals surface area contributed by atoms with Gasteiger partial charge in [-0.05, 0) is 38.1 Å². The Morgan fingerprint density at radius 2 is 2.30 bits per heavy atom. The van der Waals surface area contributed by atoms with Crippen molar-refractivity contribution in [2.45, 2.75) is 6.42 Å². The van der Waals surface area contributed by atoms with Crippen LogP contribution >= 0.6 is 12.2 Å². The topological polar surface area (TPSA) is 41.7 Å². The zero-order valence-corrected chi connectivity index (χ0v) is 13.2. The van der Waals surface area contributed by atoms with Crippen LogP contribution in [0.25, 0.3) is 0 Å². The van der Waals surface area contributed by atoms with E-state index in [0.29, 0.717) is 10.9 Å². The van der Waals surface area contributed by atoms with E-state index >= 15 is 0 Å². The van der Waals surface area contributed by atoms with Crippen LogP contribution in [0.1, 0.15) is 12.0 Å². The van der Waals surface area contributed by atoms with E-state index in [1.54, 1.807) is 7.11 Å². The van der Waals surface area contributed by atoms with Gasteiger partial charge < -0.3 is 20.3 Å². The summed E-state index contributed by atoms with van der Waals surface area (Å²) < 4.78 is 5.31. The van der Waals surface area contributed by atoms with Crippen molar-refractivity contribution in [3.05, 3.63) is 23.8 Å². The molecule has 1 unspecified atom stereocenters. The van der Waals surface area contributed by atoms with Crippen LogP contribution in [0.15, 0.2) is 18.2 Å². The molecular formula is C15H23N3OS. The Hall–Kier alpha value is -1.33. The van der Waals surface area contributed by atoms with Crippen molar-refractivity contribution in [3.63, 3.8) is 0 Å². The fraction of sp³-hybridized carbons (Fsp3) is 0.533. The van der Waals surface area contributed by atoms with E-state index in [-0.39, 0.29) is 0 Å². The molecule has 4 nitrogen and oxygen atoms in total. The molecule has 2 rings (SSSR count). The monoisotopic (exact) mass is 293 g/mol. The molecule has 1 aromatic rings. The molecular weight excluding hydrogens is 270 g/mol. The number of ether oxygens (including phenoxy) is 1. The maximum Gasteiger partial charge on any atom is 0.120 e. The largest absolute Gasteiger partial charge is 0.497 e. The number of rotatable bonds is 5. The molecule has 2 N–H and O–H groups in total. The number of nitrogens with zero attached hydrogens (tertiary/aromatic N) is 2. The van der Waals surface area contributed by atoms with E-state index in [1.807, 2.05) is 18.2 Å². The Morgan fingerprint density at radius 1 is 1.55 bits per heavy atom. The standard InChI is InChI=1S/C15H23N3OS/c1-17-7-6-11(9-17)10-18(2)14-8-12(19-3)4-5-13(14)15(16)20/h4-5,8,11H,6-7,9-10H2,1-3H3,(H2,16,20). The fourth-order valence-electron chi connectivity index (χ4n) is 2.82. The van der Waals surface area contributed by atoms with Crippen molar-refractivity contribution in [1.29, 1.82) is 0 Å². The first-order valence-electron chi connectivity index (χ1n) is 6.88. The van der Waals surface area contributed by atoms with Crippen LogP contribution in [0.5, 0.6) is 5.75 Å². The van der Waals surface area contributed by atoms with Gasteiger partial charge in [0.2, 0.25) is 0 Å². The average Bonchev–Trinajstić information content (AvgIpc) is 2.83. The minimum Gasteiger partial charge on any atom is -0.497 e. The quantitative estimate of drug-likeness (QED) is 0.837. The second-order valence-corrected chi connectivity index (χ2v) is 5.98. The van der Waals surface area contributed by atoms with E-state index in [1.165, 1.54) is 13.0 Å². The van der Waals surface area contributed by atoms with Crippen molar-refractivity contribution in [2.75, 3.05) is 45.7 Å². The van der Waals surface area contributed by atoms with Crippen molar-refractivity contribution in [3.8, 4) is 5.75 Å². The summed E-state index contributed by atoms with van der Waals surface area (Å²) >= 11 is 5.15. The second kappa shape index (κ2) is 6.41. The Labute approximate surface area is 126 Å². The smallest absolute Gasteiger partial charge is 0.120 e. The molecule has 5 heteroatoms. The van der Waals surface area contributed by atoms with Gasteiger partial charge in [-0.15, -0.1) is 0 Å². The van der Waals surface area contributed by atoms with Gasteiger partial charge in [0.25, 0.3) is 0 Å². The summed E-state index contributed by atoms with van der Waals surface area (Å²) in [5.74, 6) is 1.52. The number of nitrogens with two attached hydrogens (primary N) is 1. The third kappa shape index (κ3) is 3.41. The Kier molecular flexibility index (Phi) is 4.83. The summed E-state index contributed by atoms with van der Waals surface area (Å²) in [6, 6.07) is 5.84. The molecule has 1 aromatic carbocycles. The molecule has 1 aliphatic rings. The van der Waals surface area contributed by atoms with Crippen LogP contribution in [0.4, 0.5) is 5.69 Å². The van der Waals surface area contributed by atoms with Gasteiger partial charge in [-0.2, -0.15) is 0 Å². The summed E-state index contributed by atoms with van der Waals surface area (Å²) in [6.07, 6.45) is 1.24. The van der Waals surface area contributed by atoms with E-state index in [0.717, 1.165) is 30.1 Å². The van der Waals surface area contributed by atoms with Gasteiger partial charge in [-0.3, -0.25) is 0 Å². The Morgan fingerprint density at radius 3 is 2.85 bits per heavy atom. The Balaban J connectivity index is 2.18. The van der Waals surface area contributed by atoms with Crippen LogP contribution in [-0.2, 0) is 0 Å². The van der Waals surface area contributed by atoms with Crippen molar-refractivity contribution in [1.82, 2.24) is 4.90 Å². The number of hydrogen-bond donors (Lipinski definition) is 1. The van der Waals surface area contributed by atoms with E-state index in [9.17, 15) is 0 Å². The molecule has 0 radical (unpaired) electrons. The molecule has 1 fully saturated rings. The van der Waals surface area contributed by atoms with Crippen LogP contribution in [0.3, 0.4) is 0 Å². The highest BCUT2D eigenvalue weighted by molar-refractivity contribution is 7.80. The SMILES string of the molecule is COc1ccc(C(N)=S)c(N(C)CC2CCN(C)C2)c1. The lowest BCUT2D eigenvalue weighted by molar-refractivity contribution is 0.395. The van der Waals surface area contributed by atoms with Gasteiger partial charge in [0.05, 0.1) is 12.8 Å². The van der Waals surface area contributed by atoms with Crippen LogP contribution in [0.2, 0.25) is 0 Å². The molecule has 20 heavy (non-hydrogen) atoms. The molecule has 1 aliphatic heterocycles. The minimum absolute atomic E-state index is 0.429. The van der Waals surface area contributed by atoms with Crippen molar-refractivity contribution in [2.24, 2.45) is 11.7 Å². The number of thiocarbonyl (C=S) groups is 1. The summed E-state index contributed by atoms with van der Waals surface area (Å²) in [5, 5.41) is 0. The predicted octanol–water partition coefficient (Wildman–Crippen LogP) is 1.72. The molecule has 0 aromatic heterocycles. The highest BCUT2D eigenvalue weighted by Crippen LogP contribution is 2.27. The number of benzene rings is 1. The zero-order valence-electron chi connectivity index (χ0n) is 12.4. The van der Waals surface area contributed by atoms with Gasteiger partial charge in [0.15, 0.2) is 0 Å². The average molecular weight is 293 g/mol. The number of anilines is 1. The highest BCUT2D eigenvalue weighted by atomic mass is 32.1. The van der Waals surface area contributed by atoms with Gasteiger partial charge in [-0.25, -0.2) is 0 Å². The summed E-state index contributed by atoms with van der Waals surface area (Å²) in [7, 11) is 5.94. The molecule has 1 heterocycles. The lowest BCUT2D eigenvalue weighted by Crippen LogP contribution is -2.29. The number of hydrogen-bond acceptors (Lipinski definition) is 4. The van der Waals surface area contributed by atoms with E-state index < -0.39 is 0 Å². The molecule has 1 atom stereocenters. The molecule has 0 saturated carbocycles. The van der Waals surface area contributed by atoms with Gasteiger partial charge in [0.1, 0.15) is 10.7 Å². The second-order valence-electron chi connectivity index (χ2n) is 5.54. The first kappa shape index (κ1) is 15.1.